The first kappa shape index (κ1) is 30.5. The fourth-order valence-corrected chi connectivity index (χ4v) is 7.02. The van der Waals surface area contributed by atoms with E-state index >= 15 is 0 Å². The van der Waals surface area contributed by atoms with Gasteiger partial charge >= 0.3 is 7.12 Å². The molecule has 5 N–H and O–H groups in total. The Hall–Kier alpha value is -2.45. The van der Waals surface area contributed by atoms with Crippen molar-refractivity contribution in [1.82, 2.24) is 16.1 Å². The topological polar surface area (TPSA) is 179 Å². The van der Waals surface area contributed by atoms with Crippen molar-refractivity contribution in [3.8, 4) is 0 Å². The number of nitrogens with zero attached hydrogens (tertiary/aromatic N) is 2. The van der Waals surface area contributed by atoms with Crippen molar-refractivity contribution in [2.75, 3.05) is 19.8 Å². The number of hydrogen-bond acceptors (Lipinski definition) is 8. The normalized spacial score (nSPS) is 32.1. The van der Waals surface area contributed by atoms with Crippen LogP contribution in [0.4, 0.5) is 0 Å². The Kier molecular flexibility index (Phi) is 9.30. The first-order chi connectivity index (χ1) is 18.8. The van der Waals surface area contributed by atoms with Crippen LogP contribution in [-0.4, -0.2) is 73.4 Å². The van der Waals surface area contributed by atoms with Gasteiger partial charge in [-0.15, -0.1) is 0 Å². The number of ether oxygens (including phenoxy) is 1. The van der Waals surface area contributed by atoms with Crippen molar-refractivity contribution in [3.63, 3.8) is 0 Å². The highest BCUT2D eigenvalue weighted by Crippen LogP contribution is 2.65. The van der Waals surface area contributed by atoms with Crippen molar-refractivity contribution >= 4 is 24.9 Å². The molecule has 2 aliphatic heterocycles. The Morgan fingerprint density at radius 3 is 2.60 bits per heavy atom. The second-order valence-electron chi connectivity index (χ2n) is 13.0. The molecule has 5 aliphatic rings. The lowest BCUT2D eigenvalue weighted by molar-refractivity contribution is -0.525. The predicted octanol–water partition coefficient (Wildman–Crippen LogP) is 1.18. The van der Waals surface area contributed by atoms with Gasteiger partial charge in [-0.3, -0.25) is 9.59 Å². The molecule has 0 radical (unpaired) electrons. The van der Waals surface area contributed by atoms with Crippen LogP contribution in [0.1, 0.15) is 73.1 Å². The lowest BCUT2D eigenvalue weighted by atomic mass is 9.43. The van der Waals surface area contributed by atoms with Gasteiger partial charge in [0.05, 0.1) is 30.2 Å². The SMILES string of the molecule is CC(C)C[C@H](NC(=O)[C@H](CCCN=C(N)N[N+](=O)[O-])NC(=O)C1CCOC1)B1O[C@@H]2C[C@@H]3C[C@@H](C3(C)C)[C@]2(C)O1. The number of nitro groups is 1. The number of hydrogen-bond donors (Lipinski definition) is 4. The molecule has 0 aromatic heterocycles. The van der Waals surface area contributed by atoms with E-state index < -0.39 is 23.8 Å². The molecule has 2 bridgehead atoms. The van der Waals surface area contributed by atoms with Crippen molar-refractivity contribution in [1.29, 1.82) is 0 Å². The van der Waals surface area contributed by atoms with E-state index in [2.05, 4.69) is 50.2 Å². The molecule has 2 amide bonds. The Labute approximate surface area is 236 Å². The summed E-state index contributed by atoms with van der Waals surface area (Å²) in [5.41, 5.74) is 7.10. The summed E-state index contributed by atoms with van der Waals surface area (Å²) in [6.07, 6.45) is 4.00. The van der Waals surface area contributed by atoms with Crippen molar-refractivity contribution in [3.05, 3.63) is 10.1 Å². The van der Waals surface area contributed by atoms with E-state index in [4.69, 9.17) is 19.8 Å². The zero-order chi connectivity index (χ0) is 29.2. The van der Waals surface area contributed by atoms with Gasteiger partial charge in [0.1, 0.15) is 6.04 Å². The molecule has 0 aromatic carbocycles. The third kappa shape index (κ3) is 6.54. The van der Waals surface area contributed by atoms with Crippen LogP contribution in [0.5, 0.6) is 0 Å². The van der Waals surface area contributed by atoms with E-state index in [9.17, 15) is 19.7 Å². The van der Waals surface area contributed by atoms with Gasteiger partial charge in [-0.1, -0.05) is 33.1 Å². The molecular weight excluding hydrogens is 519 g/mol. The summed E-state index contributed by atoms with van der Waals surface area (Å²) in [6.45, 7) is 11.9. The molecule has 3 saturated carbocycles. The maximum atomic E-state index is 13.7. The molecule has 5 rings (SSSR count). The average Bonchev–Trinajstić information content (AvgIpc) is 3.52. The van der Waals surface area contributed by atoms with Crippen LogP contribution in [0.15, 0.2) is 4.99 Å². The Morgan fingerprint density at radius 1 is 1.23 bits per heavy atom. The van der Waals surface area contributed by atoms with Crippen LogP contribution >= 0.6 is 0 Å². The van der Waals surface area contributed by atoms with Crippen LogP contribution in [0.3, 0.4) is 0 Å². The number of nitrogens with two attached hydrogens (primary N) is 1. The summed E-state index contributed by atoms with van der Waals surface area (Å²) in [4.78, 5) is 41.0. The number of guanidine groups is 1. The third-order valence-corrected chi connectivity index (χ3v) is 9.42. The number of hydrazine groups is 1. The van der Waals surface area contributed by atoms with Crippen LogP contribution in [0.2, 0.25) is 0 Å². The molecule has 1 unspecified atom stereocenters. The van der Waals surface area contributed by atoms with Crippen LogP contribution in [0, 0.1) is 39.2 Å². The molecule has 13 nitrogen and oxygen atoms in total. The lowest BCUT2D eigenvalue weighted by Crippen LogP contribution is -2.65. The number of carbonyl (C=O) groups excluding carboxylic acids is 2. The van der Waals surface area contributed by atoms with Crippen molar-refractivity contribution in [2.24, 2.45) is 39.8 Å². The van der Waals surface area contributed by atoms with E-state index in [1.807, 2.05) is 0 Å². The first-order valence-electron chi connectivity index (χ1n) is 14.5. The van der Waals surface area contributed by atoms with Crippen LogP contribution in [0.25, 0.3) is 0 Å². The highest BCUT2D eigenvalue weighted by molar-refractivity contribution is 6.48. The number of nitrogens with one attached hydrogen (secondary N) is 3. The van der Waals surface area contributed by atoms with Gasteiger partial charge in [-0.2, -0.15) is 0 Å². The van der Waals surface area contributed by atoms with E-state index in [0.29, 0.717) is 44.3 Å². The van der Waals surface area contributed by atoms with Crippen molar-refractivity contribution < 1.29 is 28.7 Å². The van der Waals surface area contributed by atoms with Gasteiger partial charge < -0.3 is 30.4 Å². The molecule has 0 aromatic rings. The maximum Gasteiger partial charge on any atom is 0.481 e. The standard InChI is InChI=1S/C26H45BN6O7/c1-15(2)11-21(27-39-20-13-17-12-19(25(17,3)4)26(20,5)40-27)31-23(35)18(30-22(34)16-8-10-38-14-16)7-6-9-29-24(28)32-33(36)37/h15-21H,6-14H2,1-5H3,(H,30,34)(H,31,35)(H3,28,29,32)/t16?,17-,18-,19-,20+,21-,26-/m0/s1. The number of aliphatic imine (C=N–C) groups is 1. The summed E-state index contributed by atoms with van der Waals surface area (Å²) in [7, 11) is -0.575. The summed E-state index contributed by atoms with van der Waals surface area (Å²) in [5, 5.41) is 15.8. The summed E-state index contributed by atoms with van der Waals surface area (Å²) in [6, 6.07) is -0.825. The Morgan fingerprint density at radius 2 is 1.98 bits per heavy atom. The van der Waals surface area contributed by atoms with Crippen molar-refractivity contribution in [2.45, 2.75) is 96.8 Å². The van der Waals surface area contributed by atoms with Gasteiger partial charge in [0.2, 0.25) is 11.8 Å². The molecule has 2 heterocycles. The average molecular weight is 564 g/mol. The zero-order valence-electron chi connectivity index (χ0n) is 24.3. The molecule has 0 spiro atoms. The van der Waals surface area contributed by atoms with E-state index in [0.717, 1.165) is 12.8 Å². The van der Waals surface area contributed by atoms with E-state index in [-0.39, 0.29) is 60.0 Å². The van der Waals surface area contributed by atoms with Crippen LogP contribution < -0.4 is 21.8 Å². The lowest BCUT2D eigenvalue weighted by Gasteiger charge is -2.64. The summed E-state index contributed by atoms with van der Waals surface area (Å²) in [5.74, 6) is -0.272. The zero-order valence-corrected chi connectivity index (χ0v) is 24.3. The van der Waals surface area contributed by atoms with Gasteiger partial charge in [-0.05, 0) is 68.6 Å². The molecule has 2 saturated heterocycles. The predicted molar refractivity (Wildman–Crippen MR) is 148 cm³/mol. The van der Waals surface area contributed by atoms with E-state index in [1.165, 1.54) is 0 Å². The molecule has 14 heteroatoms. The largest absolute Gasteiger partial charge is 0.481 e. The highest BCUT2D eigenvalue weighted by Gasteiger charge is 2.68. The molecule has 40 heavy (non-hydrogen) atoms. The number of rotatable bonds is 12. The number of carbonyl (C=O) groups is 2. The minimum Gasteiger partial charge on any atom is -0.404 e. The number of amides is 2. The molecule has 224 valence electrons. The Balaban J connectivity index is 1.43. The minimum atomic E-state index is -0.825. The Bertz CT molecular complexity index is 991. The van der Waals surface area contributed by atoms with E-state index in [1.54, 1.807) is 5.43 Å². The fraction of sp³-hybridized carbons (Fsp3) is 0.885. The fourth-order valence-electron chi connectivity index (χ4n) is 7.02. The van der Waals surface area contributed by atoms with Gasteiger partial charge in [0.25, 0.3) is 5.96 Å². The summed E-state index contributed by atoms with van der Waals surface area (Å²) >= 11 is 0. The van der Waals surface area contributed by atoms with Gasteiger partial charge in [0.15, 0.2) is 5.03 Å². The molecule has 5 fully saturated rings. The first-order valence-corrected chi connectivity index (χ1v) is 14.5. The smallest absolute Gasteiger partial charge is 0.404 e. The maximum absolute atomic E-state index is 13.7. The molecular formula is C26H45BN6O7. The quantitative estimate of drug-likeness (QED) is 0.0676. The summed E-state index contributed by atoms with van der Waals surface area (Å²) < 4.78 is 18.5. The van der Waals surface area contributed by atoms with Crippen LogP contribution in [-0.2, 0) is 23.6 Å². The minimum absolute atomic E-state index is 0.00481. The highest BCUT2D eigenvalue weighted by atomic mass is 16.7. The molecule has 7 atom stereocenters. The van der Waals surface area contributed by atoms with Gasteiger partial charge in [0, 0.05) is 13.2 Å². The second kappa shape index (κ2) is 12.2. The monoisotopic (exact) mass is 564 g/mol. The van der Waals surface area contributed by atoms with Gasteiger partial charge in [-0.25, -0.2) is 15.1 Å². The third-order valence-electron chi connectivity index (χ3n) is 9.42. The molecule has 3 aliphatic carbocycles. The second-order valence-corrected chi connectivity index (χ2v) is 13.0.